The molecular weight excluding hydrogens is 635 g/mol. The first kappa shape index (κ1) is 34.2. The Balaban J connectivity index is 1.76. The lowest BCUT2D eigenvalue weighted by Gasteiger charge is -2.27. The van der Waals surface area contributed by atoms with Crippen molar-refractivity contribution in [3.63, 3.8) is 0 Å². The molecule has 2 N–H and O–H groups in total. The number of alkyl carbamates (subject to hydrolysis) is 1. The van der Waals surface area contributed by atoms with Crippen LogP contribution in [0.15, 0.2) is 51.9 Å². The fraction of sp³-hybridized carbons (Fsp3) is 0.414. The van der Waals surface area contributed by atoms with Crippen LogP contribution in [0.2, 0.25) is 0 Å². The third-order valence-electron chi connectivity index (χ3n) is 6.09. The van der Waals surface area contributed by atoms with Gasteiger partial charge in [-0.05, 0) is 77.4 Å². The summed E-state index contributed by atoms with van der Waals surface area (Å²) in [6.45, 7) is 9.70. The van der Waals surface area contributed by atoms with Crippen LogP contribution in [0.3, 0.4) is 0 Å². The van der Waals surface area contributed by atoms with Gasteiger partial charge in [0.25, 0.3) is 5.91 Å². The molecule has 0 saturated carbocycles. The largest absolute Gasteiger partial charge is 0.573 e. The van der Waals surface area contributed by atoms with Crippen molar-refractivity contribution < 1.29 is 50.0 Å². The van der Waals surface area contributed by atoms with E-state index in [0.29, 0.717) is 5.56 Å². The number of nitrogens with zero attached hydrogens (tertiary/aromatic N) is 3. The zero-order chi connectivity index (χ0) is 34.2. The van der Waals surface area contributed by atoms with Gasteiger partial charge in [0.2, 0.25) is 5.82 Å². The van der Waals surface area contributed by atoms with E-state index >= 15 is 0 Å². The maximum absolute atomic E-state index is 13.9. The minimum absolute atomic E-state index is 0.0898. The van der Waals surface area contributed by atoms with Gasteiger partial charge in [0.1, 0.15) is 17.4 Å². The lowest BCUT2D eigenvalue weighted by molar-refractivity contribution is -0.274. The molecule has 0 bridgehead atoms. The van der Waals surface area contributed by atoms with Crippen LogP contribution < -0.4 is 20.3 Å². The summed E-state index contributed by atoms with van der Waals surface area (Å²) in [5, 5.41) is 8.83. The summed E-state index contributed by atoms with van der Waals surface area (Å²) in [5.74, 6) is -3.26. The van der Waals surface area contributed by atoms with E-state index in [1.54, 1.807) is 41.5 Å². The van der Waals surface area contributed by atoms with Gasteiger partial charge in [-0.3, -0.25) is 9.59 Å². The molecule has 1 atom stereocenters. The number of carbonyl (C=O) groups is 3. The number of fused-ring (bicyclic) bond motifs is 1. The van der Waals surface area contributed by atoms with Crippen molar-refractivity contribution in [3.05, 3.63) is 53.9 Å². The van der Waals surface area contributed by atoms with Gasteiger partial charge in [-0.25, -0.2) is 13.2 Å². The number of sulfone groups is 1. The molecule has 0 unspecified atom stereocenters. The zero-order valence-corrected chi connectivity index (χ0v) is 26.5. The van der Waals surface area contributed by atoms with Crippen molar-refractivity contribution in [3.8, 4) is 17.1 Å². The molecule has 2 aromatic carbocycles. The molecule has 4 rings (SSSR count). The fourth-order valence-electron chi connectivity index (χ4n) is 4.34. The van der Waals surface area contributed by atoms with Crippen LogP contribution in [0.4, 0.5) is 23.7 Å². The van der Waals surface area contributed by atoms with Crippen molar-refractivity contribution in [2.24, 2.45) is 0 Å². The van der Waals surface area contributed by atoms with E-state index in [1.165, 1.54) is 30.3 Å². The lowest BCUT2D eigenvalue weighted by Crippen LogP contribution is -2.51. The Hall–Kier alpha value is -4.67. The lowest BCUT2D eigenvalue weighted by atomic mass is 10.1. The molecule has 0 radical (unpaired) electrons. The van der Waals surface area contributed by atoms with Crippen LogP contribution in [0.1, 0.15) is 57.8 Å². The van der Waals surface area contributed by atoms with E-state index in [1.807, 2.05) is 0 Å². The normalized spacial score (nSPS) is 16.7. The Kier molecular flexibility index (Phi) is 9.12. The van der Waals surface area contributed by atoms with E-state index in [0.717, 1.165) is 17.0 Å². The highest BCUT2D eigenvalue weighted by Gasteiger charge is 2.40. The number of alkyl halides is 3. The number of halogens is 3. The van der Waals surface area contributed by atoms with Gasteiger partial charge in [0.15, 0.2) is 9.84 Å². The molecule has 0 spiro atoms. The van der Waals surface area contributed by atoms with E-state index in [-0.39, 0.29) is 34.4 Å². The van der Waals surface area contributed by atoms with E-state index in [4.69, 9.17) is 9.26 Å². The summed E-state index contributed by atoms with van der Waals surface area (Å²) in [4.78, 5) is 44.0. The number of rotatable bonds is 6. The predicted molar refractivity (Wildman–Crippen MR) is 156 cm³/mol. The topological polar surface area (TPSA) is 170 Å². The van der Waals surface area contributed by atoms with Crippen molar-refractivity contribution >= 4 is 33.4 Å². The minimum atomic E-state index is -4.92. The van der Waals surface area contributed by atoms with E-state index in [2.05, 4.69) is 25.5 Å². The number of benzene rings is 2. The highest BCUT2D eigenvalue weighted by Crippen LogP contribution is 2.35. The summed E-state index contributed by atoms with van der Waals surface area (Å²) >= 11 is 0. The first-order chi connectivity index (χ1) is 21.1. The highest BCUT2D eigenvalue weighted by molar-refractivity contribution is 7.91. The second-order valence-electron chi connectivity index (χ2n) is 12.4. The summed E-state index contributed by atoms with van der Waals surface area (Å²) in [5.41, 5.74) is -1.21. The molecular formula is C29H32F3N5O8S. The minimum Gasteiger partial charge on any atom is -0.444 e. The Labute approximate surface area is 262 Å². The number of aromatic nitrogens is 2. The number of nitrogens with one attached hydrogen (secondary N) is 2. The van der Waals surface area contributed by atoms with Crippen LogP contribution in [0.25, 0.3) is 11.4 Å². The summed E-state index contributed by atoms with van der Waals surface area (Å²) in [6, 6.07) is 6.92. The van der Waals surface area contributed by atoms with Crippen LogP contribution in [-0.2, 0) is 25.9 Å². The predicted octanol–water partition coefficient (Wildman–Crippen LogP) is 4.38. The first-order valence-electron chi connectivity index (χ1n) is 13.8. The number of amides is 3. The van der Waals surface area contributed by atoms with Crippen molar-refractivity contribution in [1.29, 1.82) is 0 Å². The summed E-state index contributed by atoms with van der Waals surface area (Å²) in [6.07, 6.45) is -5.95. The average molecular weight is 668 g/mol. The summed E-state index contributed by atoms with van der Waals surface area (Å²) < 4.78 is 79.4. The molecule has 1 aliphatic heterocycles. The Morgan fingerprint density at radius 3 is 2.28 bits per heavy atom. The third-order valence-corrected chi connectivity index (χ3v) is 7.88. The second-order valence-corrected chi connectivity index (χ2v) is 14.4. The van der Waals surface area contributed by atoms with E-state index in [9.17, 15) is 36.0 Å². The first-order valence-corrected chi connectivity index (χ1v) is 15.4. The molecule has 13 nitrogen and oxygen atoms in total. The molecule has 248 valence electrons. The van der Waals surface area contributed by atoms with Gasteiger partial charge in [0, 0.05) is 11.1 Å². The molecule has 46 heavy (non-hydrogen) atoms. The third kappa shape index (κ3) is 8.74. The number of hydrogen-bond acceptors (Lipinski definition) is 10. The molecule has 1 aromatic heterocycles. The standard InChI is InChI=1S/C29H32F3N5O8S/c1-27(2,3)35-23(38)24-34-22(36-45-24)17-9-12-21-20(13-17)37(14-16-7-10-18(11-8-16)43-29(30,31)32)25(39)19(15-46(21,41)42)33-26(40)44-28(4,5)6/h7-13,19H,14-15H2,1-6H3,(H,33,40)(H,35,38)/t19-/m0/s1. The maximum atomic E-state index is 13.9. The molecule has 0 saturated heterocycles. The Morgan fingerprint density at radius 2 is 1.70 bits per heavy atom. The van der Waals surface area contributed by atoms with Gasteiger partial charge in [-0.15, -0.1) is 13.2 Å². The van der Waals surface area contributed by atoms with Crippen LogP contribution in [-0.4, -0.2) is 65.8 Å². The molecule has 0 fully saturated rings. The smallest absolute Gasteiger partial charge is 0.444 e. The summed E-state index contributed by atoms with van der Waals surface area (Å²) in [7, 11) is -4.24. The molecule has 3 aromatic rings. The number of hydrogen-bond donors (Lipinski definition) is 2. The van der Waals surface area contributed by atoms with Gasteiger partial charge in [-0.1, -0.05) is 17.3 Å². The number of anilines is 1. The Bertz CT molecular complexity index is 1740. The Morgan fingerprint density at radius 1 is 1.04 bits per heavy atom. The molecule has 3 amide bonds. The molecule has 2 heterocycles. The quantitative estimate of drug-likeness (QED) is 0.385. The average Bonchev–Trinajstić information content (AvgIpc) is 3.37. The fourth-order valence-corrected chi connectivity index (χ4v) is 5.95. The number of carbonyl (C=O) groups excluding carboxylic acids is 3. The molecule has 0 aliphatic carbocycles. The number of ether oxygens (including phenoxy) is 2. The van der Waals surface area contributed by atoms with E-state index < -0.39 is 62.8 Å². The maximum Gasteiger partial charge on any atom is 0.573 e. The highest BCUT2D eigenvalue weighted by atomic mass is 32.2. The van der Waals surface area contributed by atoms with Gasteiger partial charge in [-0.2, -0.15) is 4.98 Å². The van der Waals surface area contributed by atoms with Gasteiger partial charge in [0.05, 0.1) is 22.9 Å². The van der Waals surface area contributed by atoms with Crippen LogP contribution >= 0.6 is 0 Å². The van der Waals surface area contributed by atoms with Crippen molar-refractivity contribution in [2.75, 3.05) is 10.7 Å². The second kappa shape index (κ2) is 12.3. The molecule has 1 aliphatic rings. The SMILES string of the molecule is CC(C)(C)NC(=O)c1nc(-c2ccc3c(c2)N(Cc2ccc(OC(F)(F)F)cc2)C(=O)[C@@H](NC(=O)OC(C)(C)C)CS3(=O)=O)no1. The van der Waals surface area contributed by atoms with Gasteiger partial charge >= 0.3 is 24.3 Å². The monoisotopic (exact) mass is 667 g/mol. The van der Waals surface area contributed by atoms with Crippen molar-refractivity contribution in [2.45, 2.75) is 76.5 Å². The van der Waals surface area contributed by atoms with Gasteiger partial charge < -0.3 is 29.5 Å². The zero-order valence-electron chi connectivity index (χ0n) is 25.7. The van der Waals surface area contributed by atoms with Crippen molar-refractivity contribution in [1.82, 2.24) is 20.8 Å². The van der Waals surface area contributed by atoms with Crippen LogP contribution in [0.5, 0.6) is 5.75 Å². The molecule has 17 heteroatoms. The van der Waals surface area contributed by atoms with Crippen LogP contribution in [0, 0.1) is 0 Å².